The molecule has 12 aromatic rings. The minimum absolute atomic E-state index is 0.865. The molecule has 0 spiro atoms. The molecule has 262 valence electrons. The zero-order chi connectivity index (χ0) is 36.7. The number of hydrogen-bond donors (Lipinski definition) is 0. The lowest BCUT2D eigenvalue weighted by molar-refractivity contribution is 0.669. The number of benzene rings is 9. The van der Waals surface area contributed by atoms with Crippen LogP contribution in [-0.2, 0) is 0 Å². The van der Waals surface area contributed by atoms with E-state index in [1.807, 2.05) is 29.5 Å². The Morgan fingerprint density at radius 1 is 0.375 bits per heavy atom. The third kappa shape index (κ3) is 4.76. The van der Waals surface area contributed by atoms with Gasteiger partial charge in [-0.25, -0.2) is 0 Å². The van der Waals surface area contributed by atoms with Gasteiger partial charge in [0.2, 0.25) is 0 Å². The molecule has 0 saturated carbocycles. The van der Waals surface area contributed by atoms with E-state index in [1.165, 1.54) is 58.6 Å². The third-order valence-electron chi connectivity index (χ3n) is 11.3. The third-order valence-corrected chi connectivity index (χ3v) is 12.5. The van der Waals surface area contributed by atoms with Gasteiger partial charge in [0, 0.05) is 53.1 Å². The molecule has 56 heavy (non-hydrogen) atoms. The molecule has 9 aromatic carbocycles. The normalized spacial score (nSPS) is 11.9. The molecule has 12 rings (SSSR count). The molecule has 0 aliphatic heterocycles. The maximum Gasteiger partial charge on any atom is 0.159 e. The first kappa shape index (κ1) is 31.2. The number of furan rings is 2. The molecular weight excluding hydrogens is 703 g/mol. The molecule has 0 amide bonds. The molecular formula is C52H31NO2S. The van der Waals surface area contributed by atoms with Crippen molar-refractivity contribution in [1.29, 1.82) is 0 Å². The first-order valence-corrected chi connectivity index (χ1v) is 19.7. The first-order valence-electron chi connectivity index (χ1n) is 18.9. The summed E-state index contributed by atoms with van der Waals surface area (Å²) in [5, 5.41) is 9.59. The molecule has 0 N–H and O–H groups in total. The zero-order valence-corrected chi connectivity index (χ0v) is 30.9. The van der Waals surface area contributed by atoms with E-state index in [1.54, 1.807) is 0 Å². The minimum atomic E-state index is 0.865. The molecule has 4 heteroatoms. The van der Waals surface area contributed by atoms with Crippen LogP contribution in [0.2, 0.25) is 0 Å². The predicted molar refractivity (Wildman–Crippen MR) is 237 cm³/mol. The number of hydrogen-bond acceptors (Lipinski definition) is 4. The zero-order valence-electron chi connectivity index (χ0n) is 30.1. The number of para-hydroxylation sites is 3. The lowest BCUT2D eigenvalue weighted by atomic mass is 10.0. The van der Waals surface area contributed by atoms with Gasteiger partial charge in [-0.05, 0) is 93.7 Å². The molecule has 3 heterocycles. The van der Waals surface area contributed by atoms with Gasteiger partial charge in [0.25, 0.3) is 0 Å². The molecule has 0 saturated heterocycles. The van der Waals surface area contributed by atoms with E-state index >= 15 is 0 Å². The van der Waals surface area contributed by atoms with Crippen LogP contribution in [0.15, 0.2) is 197 Å². The van der Waals surface area contributed by atoms with E-state index in [2.05, 4.69) is 175 Å². The van der Waals surface area contributed by atoms with Crippen LogP contribution < -0.4 is 4.90 Å². The van der Waals surface area contributed by atoms with Crippen molar-refractivity contribution in [3.05, 3.63) is 188 Å². The van der Waals surface area contributed by atoms with Crippen LogP contribution >= 0.6 is 11.3 Å². The fourth-order valence-corrected chi connectivity index (χ4v) is 9.98. The van der Waals surface area contributed by atoms with Crippen LogP contribution in [-0.4, -0.2) is 0 Å². The highest BCUT2D eigenvalue weighted by atomic mass is 32.1. The van der Waals surface area contributed by atoms with Crippen LogP contribution in [0.25, 0.3) is 97.1 Å². The molecule has 3 aromatic heterocycles. The second-order valence-electron chi connectivity index (χ2n) is 14.4. The minimum Gasteiger partial charge on any atom is -0.456 e. The van der Waals surface area contributed by atoms with Crippen molar-refractivity contribution in [2.45, 2.75) is 0 Å². The highest BCUT2D eigenvalue weighted by Gasteiger charge is 2.21. The Morgan fingerprint density at radius 2 is 1.00 bits per heavy atom. The van der Waals surface area contributed by atoms with Gasteiger partial charge < -0.3 is 13.7 Å². The summed E-state index contributed by atoms with van der Waals surface area (Å²) >= 11 is 1.86. The van der Waals surface area contributed by atoms with Gasteiger partial charge in [-0.3, -0.25) is 0 Å². The van der Waals surface area contributed by atoms with Crippen molar-refractivity contribution in [2.75, 3.05) is 4.90 Å². The largest absolute Gasteiger partial charge is 0.456 e. The topological polar surface area (TPSA) is 29.5 Å². The lowest BCUT2D eigenvalue weighted by Crippen LogP contribution is -2.10. The second kappa shape index (κ2) is 12.2. The Kier molecular flexibility index (Phi) is 6.80. The smallest absolute Gasteiger partial charge is 0.159 e. The van der Waals surface area contributed by atoms with Gasteiger partial charge in [-0.2, -0.15) is 0 Å². The fraction of sp³-hybridized carbons (Fsp3) is 0. The van der Waals surface area contributed by atoms with Crippen molar-refractivity contribution < 1.29 is 8.83 Å². The number of anilines is 3. The summed E-state index contributed by atoms with van der Waals surface area (Å²) in [6.07, 6.45) is 0. The molecule has 0 fully saturated rings. The maximum atomic E-state index is 6.62. The predicted octanol–water partition coefficient (Wildman–Crippen LogP) is 15.8. The van der Waals surface area contributed by atoms with Crippen LogP contribution in [0.1, 0.15) is 0 Å². The van der Waals surface area contributed by atoms with E-state index in [0.29, 0.717) is 0 Å². The van der Waals surface area contributed by atoms with Crippen LogP contribution in [0.5, 0.6) is 0 Å². The Bertz CT molecular complexity index is 3480. The highest BCUT2D eigenvalue weighted by molar-refractivity contribution is 7.27. The fourth-order valence-electron chi connectivity index (χ4n) is 8.59. The average molecular weight is 734 g/mol. The monoisotopic (exact) mass is 733 g/mol. The van der Waals surface area contributed by atoms with Gasteiger partial charge in [0.15, 0.2) is 5.58 Å². The van der Waals surface area contributed by atoms with E-state index in [-0.39, 0.29) is 0 Å². The van der Waals surface area contributed by atoms with E-state index in [0.717, 1.165) is 55.6 Å². The summed E-state index contributed by atoms with van der Waals surface area (Å²) in [5.74, 6) is 0. The highest BCUT2D eigenvalue weighted by Crippen LogP contribution is 2.47. The van der Waals surface area contributed by atoms with Crippen molar-refractivity contribution >= 4 is 103 Å². The van der Waals surface area contributed by atoms with Gasteiger partial charge >= 0.3 is 0 Å². The maximum absolute atomic E-state index is 6.62. The van der Waals surface area contributed by atoms with Gasteiger partial charge in [-0.15, -0.1) is 11.3 Å². The quantitative estimate of drug-likeness (QED) is 0.176. The van der Waals surface area contributed by atoms with E-state index in [9.17, 15) is 0 Å². The molecule has 3 nitrogen and oxygen atoms in total. The Hall–Kier alpha value is -7.14. The van der Waals surface area contributed by atoms with Crippen molar-refractivity contribution in [2.24, 2.45) is 0 Å². The average Bonchev–Trinajstić information content (AvgIpc) is 3.96. The van der Waals surface area contributed by atoms with Gasteiger partial charge in [0.05, 0.1) is 5.69 Å². The summed E-state index contributed by atoms with van der Waals surface area (Å²) in [4.78, 5) is 2.32. The van der Waals surface area contributed by atoms with Crippen LogP contribution in [0, 0.1) is 0 Å². The standard InChI is InChI=1S/C52H31NO2S/c1-2-10-35-31-36(20-19-32(35)9-1)33-21-25-37(26-22-33)53(45-16-8-14-41-40-11-3-5-17-46(40)55-50(41)45)38-27-23-34(24-28-38)39-13-7-15-42-43-29-30-48-49(52(43)56-51(39)42)44-12-4-6-18-47(44)54-48/h1-31H. The molecule has 0 aliphatic carbocycles. The Balaban J connectivity index is 0.995. The van der Waals surface area contributed by atoms with Gasteiger partial charge in [-0.1, -0.05) is 127 Å². The SMILES string of the molecule is c1ccc2cc(-c3ccc(N(c4ccc(-c5cccc6c5sc5c6ccc6oc7ccccc7c65)cc4)c4cccc5c4oc4ccccc45)cc3)ccc2c1. The lowest BCUT2D eigenvalue weighted by Gasteiger charge is -2.26. The molecule has 0 atom stereocenters. The summed E-state index contributed by atoms with van der Waals surface area (Å²) in [6, 6.07) is 67.2. The second-order valence-corrected chi connectivity index (χ2v) is 15.5. The summed E-state index contributed by atoms with van der Waals surface area (Å²) in [5.41, 5.74) is 11.5. The number of fused-ring (bicyclic) bond motifs is 11. The number of thiophene rings is 1. The molecule has 0 aliphatic rings. The number of rotatable bonds is 5. The molecule has 0 unspecified atom stereocenters. The van der Waals surface area contributed by atoms with Crippen molar-refractivity contribution in [3.63, 3.8) is 0 Å². The Labute approximate surface area is 325 Å². The Morgan fingerprint density at radius 3 is 1.82 bits per heavy atom. The molecule has 0 radical (unpaired) electrons. The van der Waals surface area contributed by atoms with E-state index < -0.39 is 0 Å². The number of nitrogens with zero attached hydrogens (tertiary/aromatic N) is 1. The van der Waals surface area contributed by atoms with E-state index in [4.69, 9.17) is 8.83 Å². The van der Waals surface area contributed by atoms with Crippen molar-refractivity contribution in [3.8, 4) is 22.3 Å². The summed E-state index contributed by atoms with van der Waals surface area (Å²) in [6.45, 7) is 0. The summed E-state index contributed by atoms with van der Waals surface area (Å²) < 4.78 is 15.4. The van der Waals surface area contributed by atoms with Crippen molar-refractivity contribution in [1.82, 2.24) is 0 Å². The first-order chi connectivity index (χ1) is 27.7. The molecule has 0 bridgehead atoms. The summed E-state index contributed by atoms with van der Waals surface area (Å²) in [7, 11) is 0. The van der Waals surface area contributed by atoms with Gasteiger partial charge in [0.1, 0.15) is 16.7 Å². The van der Waals surface area contributed by atoms with Crippen LogP contribution in [0.3, 0.4) is 0 Å². The van der Waals surface area contributed by atoms with Crippen LogP contribution in [0.4, 0.5) is 17.1 Å².